The average Bonchev–Trinajstić information content (AvgIpc) is 2.85. The largest absolute Gasteiger partial charge is 0.484 e. The minimum atomic E-state index is -0.709. The summed E-state index contributed by atoms with van der Waals surface area (Å²) in [6.45, 7) is 6.01. The lowest BCUT2D eigenvalue weighted by molar-refractivity contribution is -0.143. The number of benzene rings is 3. The molecule has 0 unspecified atom stereocenters. The van der Waals surface area contributed by atoms with E-state index >= 15 is 0 Å². The maximum Gasteiger partial charge on any atom is 0.261 e. The summed E-state index contributed by atoms with van der Waals surface area (Å²) >= 11 is 6.22. The highest BCUT2D eigenvalue weighted by atomic mass is 35.5. The lowest BCUT2D eigenvalue weighted by Gasteiger charge is -2.32. The van der Waals surface area contributed by atoms with E-state index in [0.717, 1.165) is 23.1 Å². The highest BCUT2D eigenvalue weighted by Gasteiger charge is 2.31. The van der Waals surface area contributed by atoms with Crippen LogP contribution >= 0.6 is 11.6 Å². The summed E-state index contributed by atoms with van der Waals surface area (Å²) in [7, 11) is 0. The first-order valence-corrected chi connectivity index (χ1v) is 12.3. The first kappa shape index (κ1) is 26.3. The number of hydrogen-bond acceptors (Lipinski definition) is 3. The van der Waals surface area contributed by atoms with Crippen molar-refractivity contribution in [1.82, 2.24) is 10.2 Å². The SMILES string of the molecule is CC[C@H](C)NC(=O)[C@H](Cc1ccccc1)N(Cc1cccc(Cl)c1)C(=O)COc1cccc(C)c1. The molecule has 0 fully saturated rings. The monoisotopic (exact) mass is 492 g/mol. The zero-order valence-electron chi connectivity index (χ0n) is 20.5. The molecule has 0 aliphatic rings. The highest BCUT2D eigenvalue weighted by Crippen LogP contribution is 2.19. The second-order valence-corrected chi connectivity index (χ2v) is 9.22. The fourth-order valence-corrected chi connectivity index (χ4v) is 3.97. The minimum Gasteiger partial charge on any atom is -0.484 e. The molecule has 0 saturated carbocycles. The Balaban J connectivity index is 1.91. The van der Waals surface area contributed by atoms with E-state index in [0.29, 0.717) is 17.2 Å². The van der Waals surface area contributed by atoms with Crippen molar-refractivity contribution >= 4 is 23.4 Å². The quantitative estimate of drug-likeness (QED) is 0.380. The molecule has 0 spiro atoms. The van der Waals surface area contributed by atoms with Crippen molar-refractivity contribution in [3.05, 3.63) is 101 Å². The Kier molecular flexibility index (Phi) is 9.74. The van der Waals surface area contributed by atoms with Crippen LogP contribution < -0.4 is 10.1 Å². The van der Waals surface area contributed by atoms with E-state index in [2.05, 4.69) is 5.32 Å². The molecule has 0 saturated heterocycles. The fraction of sp³-hybridized carbons (Fsp3) is 0.310. The summed E-state index contributed by atoms with van der Waals surface area (Å²) in [4.78, 5) is 28.6. The van der Waals surface area contributed by atoms with Gasteiger partial charge in [0.1, 0.15) is 11.8 Å². The van der Waals surface area contributed by atoms with Gasteiger partial charge in [-0.25, -0.2) is 0 Å². The summed E-state index contributed by atoms with van der Waals surface area (Å²) in [5.41, 5.74) is 2.86. The smallest absolute Gasteiger partial charge is 0.261 e. The molecule has 0 radical (unpaired) electrons. The topological polar surface area (TPSA) is 58.6 Å². The van der Waals surface area contributed by atoms with Gasteiger partial charge in [-0.15, -0.1) is 0 Å². The van der Waals surface area contributed by atoms with Gasteiger partial charge in [-0.1, -0.05) is 73.1 Å². The zero-order valence-corrected chi connectivity index (χ0v) is 21.3. The molecule has 3 rings (SSSR count). The summed E-state index contributed by atoms with van der Waals surface area (Å²) in [5.74, 6) is 0.158. The van der Waals surface area contributed by atoms with Crippen LogP contribution in [0.2, 0.25) is 5.02 Å². The normalized spacial score (nSPS) is 12.5. The van der Waals surface area contributed by atoms with E-state index in [4.69, 9.17) is 16.3 Å². The van der Waals surface area contributed by atoms with Gasteiger partial charge in [0.05, 0.1) is 0 Å². The number of carbonyl (C=O) groups excluding carboxylic acids is 2. The van der Waals surface area contributed by atoms with Crippen LogP contribution in [0.4, 0.5) is 0 Å². The van der Waals surface area contributed by atoms with Gasteiger partial charge >= 0.3 is 0 Å². The van der Waals surface area contributed by atoms with Crippen molar-refractivity contribution < 1.29 is 14.3 Å². The zero-order chi connectivity index (χ0) is 25.2. The Morgan fingerprint density at radius 2 is 1.69 bits per heavy atom. The lowest BCUT2D eigenvalue weighted by atomic mass is 10.0. The van der Waals surface area contributed by atoms with Crippen LogP contribution in [0.5, 0.6) is 5.75 Å². The van der Waals surface area contributed by atoms with E-state index in [1.165, 1.54) is 0 Å². The molecule has 0 bridgehead atoms. The number of ether oxygens (including phenoxy) is 1. The molecule has 35 heavy (non-hydrogen) atoms. The molecule has 2 atom stereocenters. The molecule has 3 aromatic carbocycles. The summed E-state index contributed by atoms with van der Waals surface area (Å²) in [6.07, 6.45) is 1.18. The van der Waals surface area contributed by atoms with Crippen LogP contribution in [-0.2, 0) is 22.6 Å². The Labute approximate surface area is 213 Å². The molecular formula is C29H33ClN2O3. The molecule has 0 aliphatic carbocycles. The molecule has 0 aliphatic heterocycles. The maximum atomic E-state index is 13.6. The van der Waals surface area contributed by atoms with Gasteiger partial charge in [-0.05, 0) is 61.2 Å². The highest BCUT2D eigenvalue weighted by molar-refractivity contribution is 6.30. The van der Waals surface area contributed by atoms with Crippen molar-refractivity contribution in [3.63, 3.8) is 0 Å². The minimum absolute atomic E-state index is 0.00700. The van der Waals surface area contributed by atoms with Gasteiger partial charge < -0.3 is 15.0 Å². The van der Waals surface area contributed by atoms with Crippen LogP contribution in [-0.4, -0.2) is 35.4 Å². The molecule has 0 heterocycles. The van der Waals surface area contributed by atoms with Crippen LogP contribution in [0.3, 0.4) is 0 Å². The molecule has 3 aromatic rings. The number of rotatable bonds is 11. The van der Waals surface area contributed by atoms with Gasteiger partial charge in [-0.2, -0.15) is 0 Å². The van der Waals surface area contributed by atoms with Crippen LogP contribution in [0, 0.1) is 6.92 Å². The maximum absolute atomic E-state index is 13.6. The van der Waals surface area contributed by atoms with E-state index < -0.39 is 6.04 Å². The van der Waals surface area contributed by atoms with Crippen LogP contribution in [0.1, 0.15) is 37.0 Å². The molecule has 1 N–H and O–H groups in total. The third-order valence-corrected chi connectivity index (χ3v) is 6.10. The van der Waals surface area contributed by atoms with Gasteiger partial charge in [0.25, 0.3) is 5.91 Å². The van der Waals surface area contributed by atoms with Crippen LogP contribution in [0.25, 0.3) is 0 Å². The number of nitrogens with zero attached hydrogens (tertiary/aromatic N) is 1. The number of carbonyl (C=O) groups is 2. The summed E-state index contributed by atoms with van der Waals surface area (Å²) in [5, 5.41) is 3.64. The molecule has 2 amide bonds. The Morgan fingerprint density at radius 1 is 0.971 bits per heavy atom. The average molecular weight is 493 g/mol. The molecule has 6 heteroatoms. The molecule has 0 aromatic heterocycles. The summed E-state index contributed by atoms with van der Waals surface area (Å²) < 4.78 is 5.82. The standard InChI is InChI=1S/C29H33ClN2O3/c1-4-22(3)31-29(34)27(18-23-11-6-5-7-12-23)32(19-24-13-9-14-25(30)17-24)28(33)20-35-26-15-8-10-21(2)16-26/h5-17,22,27H,4,18-20H2,1-3H3,(H,31,34)/t22-,27-/m0/s1. The molecule has 5 nitrogen and oxygen atoms in total. The molecular weight excluding hydrogens is 460 g/mol. The van der Waals surface area contributed by atoms with Crippen molar-refractivity contribution in [2.45, 2.75) is 52.2 Å². The molecule has 184 valence electrons. The van der Waals surface area contributed by atoms with E-state index in [1.54, 1.807) is 11.0 Å². The number of nitrogens with one attached hydrogen (secondary N) is 1. The van der Waals surface area contributed by atoms with Gasteiger partial charge in [0.15, 0.2) is 6.61 Å². The van der Waals surface area contributed by atoms with Crippen molar-refractivity contribution in [1.29, 1.82) is 0 Å². The van der Waals surface area contributed by atoms with Crippen molar-refractivity contribution in [2.75, 3.05) is 6.61 Å². The summed E-state index contributed by atoms with van der Waals surface area (Å²) in [6, 6.07) is 23.9. The Hall–Kier alpha value is -3.31. The first-order valence-electron chi connectivity index (χ1n) is 11.9. The van der Waals surface area contributed by atoms with Crippen molar-refractivity contribution in [2.24, 2.45) is 0 Å². The number of aryl methyl sites for hydroxylation is 1. The van der Waals surface area contributed by atoms with Crippen molar-refractivity contribution in [3.8, 4) is 5.75 Å². The third-order valence-electron chi connectivity index (χ3n) is 5.87. The Bertz CT molecular complexity index is 1120. The van der Waals surface area contributed by atoms with Gasteiger partial charge in [0.2, 0.25) is 5.91 Å². The van der Waals surface area contributed by atoms with Crippen LogP contribution in [0.15, 0.2) is 78.9 Å². The van der Waals surface area contributed by atoms with Gasteiger partial charge in [0, 0.05) is 24.0 Å². The van der Waals surface area contributed by atoms with E-state index in [9.17, 15) is 9.59 Å². The Morgan fingerprint density at radius 3 is 2.37 bits per heavy atom. The number of hydrogen-bond donors (Lipinski definition) is 1. The third kappa shape index (κ3) is 8.15. The predicted molar refractivity (Wildman–Crippen MR) is 141 cm³/mol. The first-order chi connectivity index (χ1) is 16.9. The second kappa shape index (κ2) is 13.0. The second-order valence-electron chi connectivity index (χ2n) is 8.78. The predicted octanol–water partition coefficient (Wildman–Crippen LogP) is 5.58. The van der Waals surface area contributed by atoms with E-state index in [-0.39, 0.29) is 31.0 Å². The van der Waals surface area contributed by atoms with E-state index in [1.807, 2.05) is 93.6 Å². The number of halogens is 1. The number of amides is 2. The van der Waals surface area contributed by atoms with Gasteiger partial charge in [-0.3, -0.25) is 9.59 Å². The fourth-order valence-electron chi connectivity index (χ4n) is 3.76. The lowest BCUT2D eigenvalue weighted by Crippen LogP contribution is -2.53.